The average molecular weight is 420 g/mol. The fourth-order valence-corrected chi connectivity index (χ4v) is 3.55. The van der Waals surface area contributed by atoms with Crippen molar-refractivity contribution in [1.82, 2.24) is 15.4 Å². The largest absolute Gasteiger partial charge is 0.454 e. The van der Waals surface area contributed by atoms with Crippen molar-refractivity contribution in [3.8, 4) is 0 Å². The van der Waals surface area contributed by atoms with Gasteiger partial charge in [0, 0.05) is 11.6 Å². The highest BCUT2D eigenvalue weighted by Crippen LogP contribution is 2.17. The summed E-state index contributed by atoms with van der Waals surface area (Å²) in [6, 6.07) is 3.60. The van der Waals surface area contributed by atoms with Gasteiger partial charge in [-0.15, -0.1) is 0 Å². The van der Waals surface area contributed by atoms with Crippen molar-refractivity contribution in [3.63, 3.8) is 0 Å². The molecule has 1 rings (SSSR count). The molecule has 150 valence electrons. The molecular formula is C16H22ClN3O6S. The molecule has 0 saturated heterocycles. The minimum Gasteiger partial charge on any atom is -0.454 e. The summed E-state index contributed by atoms with van der Waals surface area (Å²) in [6.07, 6.45) is 0. The first-order valence-electron chi connectivity index (χ1n) is 8.09. The van der Waals surface area contributed by atoms with Gasteiger partial charge in [-0.05, 0) is 31.0 Å². The van der Waals surface area contributed by atoms with Crippen LogP contribution in [0.15, 0.2) is 29.2 Å². The summed E-state index contributed by atoms with van der Waals surface area (Å²) < 4.78 is 32.0. The number of nitrogens with one attached hydrogen (secondary N) is 3. The molecule has 27 heavy (non-hydrogen) atoms. The lowest BCUT2D eigenvalue weighted by Gasteiger charge is -2.20. The Morgan fingerprint density at radius 1 is 1.22 bits per heavy atom. The van der Waals surface area contributed by atoms with Crippen LogP contribution in [0.3, 0.4) is 0 Å². The van der Waals surface area contributed by atoms with E-state index < -0.39 is 46.5 Å². The molecule has 1 aromatic carbocycles. The first-order valence-corrected chi connectivity index (χ1v) is 9.95. The Labute approximate surface area is 162 Å². The summed E-state index contributed by atoms with van der Waals surface area (Å²) in [6.45, 7) is 4.49. The van der Waals surface area contributed by atoms with E-state index in [0.717, 1.165) is 0 Å². The van der Waals surface area contributed by atoms with Gasteiger partial charge in [-0.3, -0.25) is 14.9 Å². The third kappa shape index (κ3) is 7.53. The van der Waals surface area contributed by atoms with Gasteiger partial charge in [-0.1, -0.05) is 31.5 Å². The second-order valence-electron chi connectivity index (χ2n) is 5.82. The summed E-state index contributed by atoms with van der Waals surface area (Å²) in [4.78, 5) is 34.9. The molecule has 0 aliphatic rings. The monoisotopic (exact) mass is 419 g/mol. The number of rotatable bonds is 8. The molecule has 3 amide bonds. The van der Waals surface area contributed by atoms with Crippen LogP contribution in [0.2, 0.25) is 5.02 Å². The molecule has 0 saturated carbocycles. The number of ether oxygens (including phenoxy) is 1. The predicted molar refractivity (Wildman–Crippen MR) is 98.6 cm³/mol. The Morgan fingerprint density at radius 2 is 1.89 bits per heavy atom. The molecule has 9 nitrogen and oxygen atoms in total. The molecule has 0 aromatic heterocycles. The minimum atomic E-state index is -4.04. The van der Waals surface area contributed by atoms with Gasteiger partial charge in [0.15, 0.2) is 6.61 Å². The van der Waals surface area contributed by atoms with E-state index in [1.54, 1.807) is 20.8 Å². The minimum absolute atomic E-state index is 0.109. The number of halogens is 1. The van der Waals surface area contributed by atoms with Gasteiger partial charge in [-0.25, -0.2) is 13.2 Å². The quantitative estimate of drug-likeness (QED) is 0.539. The third-order valence-electron chi connectivity index (χ3n) is 3.24. The van der Waals surface area contributed by atoms with Crippen LogP contribution in [0.25, 0.3) is 0 Å². The summed E-state index contributed by atoms with van der Waals surface area (Å²) >= 11 is 5.80. The van der Waals surface area contributed by atoms with Crippen LogP contribution in [0.1, 0.15) is 20.8 Å². The van der Waals surface area contributed by atoms with E-state index in [1.165, 1.54) is 24.3 Å². The first kappa shape index (κ1) is 22.9. The van der Waals surface area contributed by atoms with Gasteiger partial charge < -0.3 is 10.1 Å². The first-order chi connectivity index (χ1) is 12.6. The maximum atomic E-state index is 12.4. The third-order valence-corrected chi connectivity index (χ3v) is 4.92. The molecule has 0 heterocycles. The maximum absolute atomic E-state index is 12.4. The van der Waals surface area contributed by atoms with E-state index in [1.807, 2.05) is 5.32 Å². The summed E-state index contributed by atoms with van der Waals surface area (Å²) in [7, 11) is -4.04. The Balaban J connectivity index is 2.76. The number of esters is 1. The second-order valence-corrected chi connectivity index (χ2v) is 7.97. The molecule has 0 aliphatic heterocycles. The topological polar surface area (TPSA) is 131 Å². The van der Waals surface area contributed by atoms with Crippen molar-refractivity contribution >= 4 is 39.5 Å². The van der Waals surface area contributed by atoms with Gasteiger partial charge in [0.05, 0.1) is 4.90 Å². The Hall–Kier alpha value is -2.17. The zero-order valence-electron chi connectivity index (χ0n) is 15.1. The lowest BCUT2D eigenvalue weighted by atomic mass is 10.1. The van der Waals surface area contributed by atoms with Crippen LogP contribution >= 0.6 is 11.6 Å². The molecule has 1 aromatic rings. The molecule has 0 spiro atoms. The van der Waals surface area contributed by atoms with Gasteiger partial charge in [-0.2, -0.15) is 4.72 Å². The molecule has 0 radical (unpaired) electrons. The Bertz CT molecular complexity index is 797. The summed E-state index contributed by atoms with van der Waals surface area (Å²) in [5.74, 6) is -2.24. The van der Waals surface area contributed by atoms with Crippen LogP contribution in [0, 0.1) is 5.92 Å². The smallest absolute Gasteiger partial charge is 0.324 e. The fourth-order valence-electron chi connectivity index (χ4n) is 1.92. The number of carbonyl (C=O) groups excluding carboxylic acids is 3. The van der Waals surface area contributed by atoms with E-state index in [9.17, 15) is 22.8 Å². The molecule has 0 aliphatic carbocycles. The van der Waals surface area contributed by atoms with Crippen molar-refractivity contribution in [3.05, 3.63) is 29.3 Å². The van der Waals surface area contributed by atoms with Crippen molar-refractivity contribution < 1.29 is 27.5 Å². The maximum Gasteiger partial charge on any atom is 0.324 e. The Kier molecular flexibility index (Phi) is 8.67. The van der Waals surface area contributed by atoms with Gasteiger partial charge >= 0.3 is 12.0 Å². The molecule has 0 fully saturated rings. The van der Waals surface area contributed by atoms with E-state index in [0.29, 0.717) is 6.54 Å². The van der Waals surface area contributed by atoms with E-state index in [2.05, 4.69) is 10.0 Å². The fraction of sp³-hybridized carbons (Fsp3) is 0.438. The number of benzene rings is 1. The zero-order chi connectivity index (χ0) is 20.6. The summed E-state index contributed by atoms with van der Waals surface area (Å²) in [5.41, 5.74) is 0. The lowest BCUT2D eigenvalue weighted by molar-refractivity contribution is -0.150. The molecule has 1 atom stereocenters. The van der Waals surface area contributed by atoms with Gasteiger partial charge in [0.2, 0.25) is 10.0 Å². The number of hydrogen-bond acceptors (Lipinski definition) is 6. The van der Waals surface area contributed by atoms with Crippen molar-refractivity contribution in [2.45, 2.75) is 31.7 Å². The van der Waals surface area contributed by atoms with Crippen LogP contribution in [-0.4, -0.2) is 45.5 Å². The number of carbonyl (C=O) groups is 3. The Morgan fingerprint density at radius 3 is 2.44 bits per heavy atom. The van der Waals surface area contributed by atoms with Crippen molar-refractivity contribution in [2.24, 2.45) is 5.92 Å². The van der Waals surface area contributed by atoms with Gasteiger partial charge in [0.1, 0.15) is 6.04 Å². The highest BCUT2D eigenvalue weighted by atomic mass is 35.5. The highest BCUT2D eigenvalue weighted by molar-refractivity contribution is 7.89. The molecule has 0 bridgehead atoms. The van der Waals surface area contributed by atoms with E-state index >= 15 is 0 Å². The van der Waals surface area contributed by atoms with Crippen LogP contribution in [0.4, 0.5) is 4.79 Å². The molecule has 0 unspecified atom stereocenters. The van der Waals surface area contributed by atoms with Crippen molar-refractivity contribution in [1.29, 1.82) is 0 Å². The lowest BCUT2D eigenvalue weighted by Crippen LogP contribution is -2.47. The SMILES string of the molecule is CCNC(=O)NC(=O)COC(=O)[C@@H](NS(=O)(=O)c1cccc(Cl)c1)C(C)C. The second kappa shape index (κ2) is 10.2. The number of urea groups is 1. The predicted octanol–water partition coefficient (Wildman–Crippen LogP) is 1.03. The number of amides is 3. The van der Waals surface area contributed by atoms with Crippen molar-refractivity contribution in [2.75, 3.05) is 13.2 Å². The normalized spacial score (nSPS) is 12.3. The standard InChI is InChI=1S/C16H22ClN3O6S/c1-4-18-16(23)19-13(21)9-26-15(22)14(10(2)3)20-27(24,25)12-7-5-6-11(17)8-12/h5-8,10,14,20H,4,9H2,1-3H3,(H2,18,19,21,23)/t14-/m0/s1. The highest BCUT2D eigenvalue weighted by Gasteiger charge is 2.30. The van der Waals surface area contributed by atoms with E-state index in [-0.39, 0.29) is 9.92 Å². The average Bonchev–Trinajstić information content (AvgIpc) is 2.57. The van der Waals surface area contributed by atoms with Crippen LogP contribution < -0.4 is 15.4 Å². The molecule has 3 N–H and O–H groups in total. The molecule has 11 heteroatoms. The number of hydrogen-bond donors (Lipinski definition) is 3. The number of imide groups is 1. The molecular weight excluding hydrogens is 398 g/mol. The van der Waals surface area contributed by atoms with Crippen LogP contribution in [-0.2, 0) is 24.3 Å². The van der Waals surface area contributed by atoms with E-state index in [4.69, 9.17) is 16.3 Å². The zero-order valence-corrected chi connectivity index (χ0v) is 16.7. The summed E-state index contributed by atoms with van der Waals surface area (Å²) in [5, 5.41) is 4.54. The van der Waals surface area contributed by atoms with Crippen LogP contribution in [0.5, 0.6) is 0 Å². The van der Waals surface area contributed by atoms with Gasteiger partial charge in [0.25, 0.3) is 5.91 Å². The number of sulfonamides is 1.